The Bertz CT molecular complexity index is 658. The lowest BCUT2D eigenvalue weighted by molar-refractivity contribution is -0.385. The van der Waals surface area contributed by atoms with Crippen LogP contribution >= 0.6 is 27.3 Å². The fourth-order valence-corrected chi connectivity index (χ4v) is 2.52. The van der Waals surface area contributed by atoms with E-state index in [2.05, 4.69) is 31.4 Å². The molecule has 7 nitrogen and oxygen atoms in total. The highest BCUT2D eigenvalue weighted by atomic mass is 79.9. The number of rotatable bonds is 3. The first kappa shape index (κ1) is 13.6. The molecule has 9 heteroatoms. The van der Waals surface area contributed by atoms with Crippen LogP contribution in [0.3, 0.4) is 0 Å². The van der Waals surface area contributed by atoms with E-state index in [0.717, 1.165) is 0 Å². The number of aromatic nitrogens is 2. The predicted octanol–water partition coefficient (Wildman–Crippen LogP) is 2.77. The summed E-state index contributed by atoms with van der Waals surface area (Å²) in [5.41, 5.74) is 0.00291. The number of benzene rings is 1. The van der Waals surface area contributed by atoms with Crippen molar-refractivity contribution >= 4 is 44.0 Å². The van der Waals surface area contributed by atoms with Gasteiger partial charge in [-0.1, -0.05) is 17.4 Å². The third-order valence-electron chi connectivity index (χ3n) is 2.17. The maximum Gasteiger partial charge on any atom is 0.284 e. The van der Waals surface area contributed by atoms with Crippen molar-refractivity contribution in [3.63, 3.8) is 0 Å². The molecule has 0 unspecified atom stereocenters. The number of carbonyl (C=O) groups excluding carboxylic acids is 1. The Labute approximate surface area is 119 Å². The summed E-state index contributed by atoms with van der Waals surface area (Å²) >= 11 is 4.29. The van der Waals surface area contributed by atoms with Crippen molar-refractivity contribution in [3.8, 4) is 0 Å². The number of halogens is 1. The number of anilines is 1. The molecule has 0 saturated heterocycles. The van der Waals surface area contributed by atoms with E-state index in [0.29, 0.717) is 10.1 Å². The van der Waals surface area contributed by atoms with Crippen LogP contribution in [0.25, 0.3) is 0 Å². The van der Waals surface area contributed by atoms with E-state index in [4.69, 9.17) is 0 Å². The number of nitro groups is 1. The molecule has 2 rings (SSSR count). The van der Waals surface area contributed by atoms with Gasteiger partial charge < -0.3 is 0 Å². The Balaban J connectivity index is 2.29. The normalized spacial score (nSPS) is 10.2. The van der Waals surface area contributed by atoms with Gasteiger partial charge in [0, 0.05) is 6.07 Å². The summed E-state index contributed by atoms with van der Waals surface area (Å²) in [7, 11) is 0. The highest BCUT2D eigenvalue weighted by Crippen LogP contribution is 2.29. The van der Waals surface area contributed by atoms with E-state index in [1.807, 2.05) is 0 Å². The lowest BCUT2D eigenvalue weighted by atomic mass is 10.2. The minimum absolute atomic E-state index is 0.138. The molecule has 1 heterocycles. The zero-order valence-electron chi connectivity index (χ0n) is 9.58. The number of nitro benzene ring substituents is 1. The van der Waals surface area contributed by atoms with Gasteiger partial charge in [0.05, 0.1) is 10.5 Å². The van der Waals surface area contributed by atoms with E-state index < -0.39 is 10.8 Å². The first-order valence-electron chi connectivity index (χ1n) is 5.03. The zero-order chi connectivity index (χ0) is 14.0. The van der Waals surface area contributed by atoms with Gasteiger partial charge in [0.15, 0.2) is 0 Å². The molecular formula is C10H7BrN4O3S. The summed E-state index contributed by atoms with van der Waals surface area (Å²) < 4.78 is 0.138. The van der Waals surface area contributed by atoms with Crippen LogP contribution in [0.1, 0.15) is 15.4 Å². The number of hydrogen-bond acceptors (Lipinski definition) is 6. The number of aryl methyl sites for hydroxylation is 1. The Morgan fingerprint density at radius 3 is 2.79 bits per heavy atom. The predicted molar refractivity (Wildman–Crippen MR) is 73.4 cm³/mol. The van der Waals surface area contributed by atoms with E-state index in [-0.39, 0.29) is 15.7 Å². The maximum absolute atomic E-state index is 12.0. The second kappa shape index (κ2) is 5.41. The van der Waals surface area contributed by atoms with Gasteiger partial charge in [0.2, 0.25) is 5.13 Å². The molecule has 0 radical (unpaired) electrons. The number of carbonyl (C=O) groups is 1. The SMILES string of the molecule is Cc1nnc(NC(=O)c2cccc([N+](=O)[O-])c2Br)s1. The van der Waals surface area contributed by atoms with Crippen molar-refractivity contribution in [1.29, 1.82) is 0 Å². The van der Waals surface area contributed by atoms with Gasteiger partial charge in [-0.15, -0.1) is 10.2 Å². The number of nitrogens with one attached hydrogen (secondary N) is 1. The molecule has 0 bridgehead atoms. The molecule has 0 atom stereocenters. The van der Waals surface area contributed by atoms with Gasteiger partial charge in [0.25, 0.3) is 11.6 Å². The molecule has 0 spiro atoms. The second-order valence-corrected chi connectivity index (χ2v) is 5.45. The lowest BCUT2D eigenvalue weighted by Crippen LogP contribution is -2.13. The van der Waals surface area contributed by atoms with Crippen molar-refractivity contribution in [1.82, 2.24) is 10.2 Å². The van der Waals surface area contributed by atoms with E-state index in [1.165, 1.54) is 29.5 Å². The Morgan fingerprint density at radius 2 is 2.21 bits per heavy atom. The smallest absolute Gasteiger partial charge is 0.284 e. The molecular weight excluding hydrogens is 336 g/mol. The monoisotopic (exact) mass is 342 g/mol. The van der Waals surface area contributed by atoms with Gasteiger partial charge in [0.1, 0.15) is 9.48 Å². The van der Waals surface area contributed by atoms with Crippen molar-refractivity contribution in [2.24, 2.45) is 0 Å². The molecule has 1 aromatic carbocycles. The van der Waals surface area contributed by atoms with Crippen molar-refractivity contribution in [3.05, 3.63) is 43.4 Å². The standard InChI is InChI=1S/C10H7BrN4O3S/c1-5-13-14-10(19-5)12-9(16)6-3-2-4-7(8(6)11)15(17)18/h2-4H,1H3,(H,12,14,16). The van der Waals surface area contributed by atoms with Crippen molar-refractivity contribution in [2.75, 3.05) is 5.32 Å². The van der Waals surface area contributed by atoms with Crippen molar-refractivity contribution < 1.29 is 9.72 Å². The number of nitrogens with zero attached hydrogens (tertiary/aromatic N) is 3. The van der Waals surface area contributed by atoms with Gasteiger partial charge in [-0.25, -0.2) is 0 Å². The molecule has 19 heavy (non-hydrogen) atoms. The largest absolute Gasteiger partial charge is 0.296 e. The topological polar surface area (TPSA) is 98.0 Å². The third-order valence-corrected chi connectivity index (χ3v) is 3.75. The summed E-state index contributed by atoms with van der Waals surface area (Å²) in [6.45, 7) is 1.76. The van der Waals surface area contributed by atoms with Gasteiger partial charge in [-0.05, 0) is 28.9 Å². The van der Waals surface area contributed by atoms with Crippen molar-refractivity contribution in [2.45, 2.75) is 6.92 Å². The highest BCUT2D eigenvalue weighted by Gasteiger charge is 2.20. The lowest BCUT2D eigenvalue weighted by Gasteiger charge is -2.04. The molecule has 2 aromatic rings. The number of amides is 1. The quantitative estimate of drug-likeness (QED) is 0.683. The van der Waals surface area contributed by atoms with Crippen LogP contribution in [0, 0.1) is 17.0 Å². The average Bonchev–Trinajstić information content (AvgIpc) is 2.74. The summed E-state index contributed by atoms with van der Waals surface area (Å²) in [6, 6.07) is 4.25. The minimum Gasteiger partial charge on any atom is -0.296 e. The summed E-state index contributed by atoms with van der Waals surface area (Å²) in [5.74, 6) is -0.480. The molecule has 1 amide bonds. The molecule has 0 aliphatic heterocycles. The van der Waals surface area contributed by atoms with Crippen LogP contribution in [-0.4, -0.2) is 21.0 Å². The third kappa shape index (κ3) is 2.93. The fraction of sp³-hybridized carbons (Fsp3) is 0.100. The first-order valence-corrected chi connectivity index (χ1v) is 6.64. The number of hydrogen-bond donors (Lipinski definition) is 1. The molecule has 0 aliphatic carbocycles. The maximum atomic E-state index is 12.0. The summed E-state index contributed by atoms with van der Waals surface area (Å²) in [5, 5.41) is 21.9. The van der Waals surface area contributed by atoms with Gasteiger partial charge in [-0.3, -0.25) is 20.2 Å². The summed E-state index contributed by atoms with van der Waals surface area (Å²) in [4.78, 5) is 22.2. The Hall–Kier alpha value is -1.87. The van der Waals surface area contributed by atoms with Crippen LogP contribution in [0.15, 0.2) is 22.7 Å². The van der Waals surface area contributed by atoms with Crippen LogP contribution in [-0.2, 0) is 0 Å². The molecule has 98 valence electrons. The fourth-order valence-electron chi connectivity index (χ4n) is 1.35. The van der Waals surface area contributed by atoms with Crippen LogP contribution < -0.4 is 5.32 Å². The van der Waals surface area contributed by atoms with Gasteiger partial charge in [-0.2, -0.15) is 0 Å². The zero-order valence-corrected chi connectivity index (χ0v) is 12.0. The van der Waals surface area contributed by atoms with E-state index in [1.54, 1.807) is 6.92 Å². The Kier molecular flexibility index (Phi) is 3.86. The van der Waals surface area contributed by atoms with Crippen LogP contribution in [0.2, 0.25) is 0 Å². The second-order valence-electron chi connectivity index (χ2n) is 3.48. The minimum atomic E-state index is -0.560. The van der Waals surface area contributed by atoms with E-state index in [9.17, 15) is 14.9 Å². The van der Waals surface area contributed by atoms with Crippen LogP contribution in [0.4, 0.5) is 10.8 Å². The molecule has 0 saturated carbocycles. The van der Waals surface area contributed by atoms with Crippen LogP contribution in [0.5, 0.6) is 0 Å². The molecule has 1 N–H and O–H groups in total. The molecule has 0 fully saturated rings. The van der Waals surface area contributed by atoms with E-state index >= 15 is 0 Å². The highest BCUT2D eigenvalue weighted by molar-refractivity contribution is 9.10. The van der Waals surface area contributed by atoms with Gasteiger partial charge >= 0.3 is 0 Å². The summed E-state index contributed by atoms with van der Waals surface area (Å²) in [6.07, 6.45) is 0. The first-order chi connectivity index (χ1) is 8.99. The molecule has 0 aliphatic rings. The molecule has 1 aromatic heterocycles. The average molecular weight is 343 g/mol. The Morgan fingerprint density at radius 1 is 1.47 bits per heavy atom.